The van der Waals surface area contributed by atoms with Gasteiger partial charge in [-0.3, -0.25) is 9.69 Å². The maximum Gasteiger partial charge on any atom is 0.295 e. The number of benzene rings is 2. The summed E-state index contributed by atoms with van der Waals surface area (Å²) in [7, 11) is 0. The van der Waals surface area contributed by atoms with Crippen molar-refractivity contribution in [3.63, 3.8) is 0 Å². The molecule has 1 fully saturated rings. The summed E-state index contributed by atoms with van der Waals surface area (Å²) in [5, 5.41) is 1.39. The molecule has 0 unspecified atom stereocenters. The van der Waals surface area contributed by atoms with Crippen molar-refractivity contribution in [3.8, 4) is 0 Å². The number of carbonyl (C=O) groups is 1. The highest BCUT2D eigenvalue weighted by Crippen LogP contribution is 2.32. The Balaban J connectivity index is 1.55. The number of anilines is 1. The highest BCUT2D eigenvalue weighted by atomic mass is 32.1. The SMILES string of the molecule is O=C(c1cc2ccccc2o1)N(C[C@@H]1CCCO1)c1nc2ccc(F)cc2s1. The maximum absolute atomic E-state index is 13.6. The van der Waals surface area contributed by atoms with Crippen LogP contribution in [0.4, 0.5) is 9.52 Å². The number of amides is 1. The van der Waals surface area contributed by atoms with Crippen LogP contribution in [0.1, 0.15) is 23.4 Å². The predicted octanol–water partition coefficient (Wildman–Crippen LogP) is 5.01. The molecule has 28 heavy (non-hydrogen) atoms. The number of ether oxygens (including phenoxy) is 1. The van der Waals surface area contributed by atoms with Gasteiger partial charge in [0.1, 0.15) is 11.4 Å². The van der Waals surface area contributed by atoms with E-state index in [9.17, 15) is 9.18 Å². The van der Waals surface area contributed by atoms with Crippen molar-refractivity contribution in [1.82, 2.24) is 4.98 Å². The number of rotatable bonds is 4. The van der Waals surface area contributed by atoms with Crippen molar-refractivity contribution in [2.45, 2.75) is 18.9 Å². The van der Waals surface area contributed by atoms with Crippen LogP contribution in [0.15, 0.2) is 52.9 Å². The van der Waals surface area contributed by atoms with Gasteiger partial charge in [-0.2, -0.15) is 0 Å². The van der Waals surface area contributed by atoms with E-state index in [-0.39, 0.29) is 23.6 Å². The second kappa shape index (κ2) is 7.00. The molecule has 1 aliphatic heterocycles. The second-order valence-electron chi connectivity index (χ2n) is 6.81. The van der Waals surface area contributed by atoms with Crippen LogP contribution in [0.25, 0.3) is 21.2 Å². The molecule has 5 rings (SSSR count). The van der Waals surface area contributed by atoms with Crippen LogP contribution in [-0.2, 0) is 4.74 Å². The average molecular weight is 396 g/mol. The molecular weight excluding hydrogens is 379 g/mol. The summed E-state index contributed by atoms with van der Waals surface area (Å²) < 4.78 is 25.8. The van der Waals surface area contributed by atoms with Gasteiger partial charge < -0.3 is 9.15 Å². The van der Waals surface area contributed by atoms with Crippen LogP contribution in [0, 0.1) is 5.82 Å². The Labute approximate surface area is 164 Å². The monoisotopic (exact) mass is 396 g/mol. The van der Waals surface area contributed by atoms with Crippen molar-refractivity contribution >= 4 is 43.6 Å². The minimum absolute atomic E-state index is 0.0444. The Morgan fingerprint density at radius 2 is 2.14 bits per heavy atom. The van der Waals surface area contributed by atoms with Crippen LogP contribution >= 0.6 is 11.3 Å². The number of fused-ring (bicyclic) bond motifs is 2. The van der Waals surface area contributed by atoms with Gasteiger partial charge in [-0.25, -0.2) is 9.37 Å². The van der Waals surface area contributed by atoms with Gasteiger partial charge >= 0.3 is 0 Å². The molecule has 0 N–H and O–H groups in total. The van der Waals surface area contributed by atoms with Gasteiger partial charge in [-0.15, -0.1) is 0 Å². The van der Waals surface area contributed by atoms with Gasteiger partial charge in [-0.05, 0) is 43.2 Å². The topological polar surface area (TPSA) is 55.6 Å². The highest BCUT2D eigenvalue weighted by molar-refractivity contribution is 7.22. The number of furan rings is 1. The number of thiazole rings is 1. The van der Waals surface area contributed by atoms with Crippen LogP contribution in [0.2, 0.25) is 0 Å². The first-order chi connectivity index (χ1) is 13.7. The van der Waals surface area contributed by atoms with E-state index in [0.717, 1.165) is 18.2 Å². The zero-order chi connectivity index (χ0) is 19.1. The fourth-order valence-corrected chi connectivity index (χ4v) is 4.46. The van der Waals surface area contributed by atoms with Gasteiger partial charge in [0, 0.05) is 12.0 Å². The minimum atomic E-state index is -0.322. The van der Waals surface area contributed by atoms with Crippen molar-refractivity contribution in [2.24, 2.45) is 0 Å². The normalized spacial score (nSPS) is 16.8. The van der Waals surface area contributed by atoms with Crippen LogP contribution < -0.4 is 4.90 Å². The van der Waals surface area contributed by atoms with E-state index in [1.807, 2.05) is 24.3 Å². The van der Waals surface area contributed by atoms with Gasteiger partial charge in [0.2, 0.25) is 0 Å². The quantitative estimate of drug-likeness (QED) is 0.487. The molecule has 2 aromatic heterocycles. The molecule has 1 amide bonds. The molecule has 1 aliphatic rings. The average Bonchev–Trinajstić information content (AvgIpc) is 3.43. The van der Waals surface area contributed by atoms with Crippen LogP contribution in [0.3, 0.4) is 0 Å². The summed E-state index contributed by atoms with van der Waals surface area (Å²) in [6.45, 7) is 1.08. The first-order valence-electron chi connectivity index (χ1n) is 9.15. The summed E-state index contributed by atoms with van der Waals surface area (Å²) in [5.41, 5.74) is 1.32. The number of hydrogen-bond acceptors (Lipinski definition) is 5. The Hall–Kier alpha value is -2.77. The van der Waals surface area contributed by atoms with Crippen molar-refractivity contribution < 1.29 is 18.3 Å². The lowest BCUT2D eigenvalue weighted by molar-refractivity contribution is 0.0896. The molecule has 0 saturated carbocycles. The van der Waals surface area contributed by atoms with E-state index in [1.54, 1.807) is 17.0 Å². The van der Waals surface area contributed by atoms with E-state index >= 15 is 0 Å². The van der Waals surface area contributed by atoms with E-state index in [2.05, 4.69) is 4.98 Å². The van der Waals surface area contributed by atoms with Gasteiger partial charge in [0.25, 0.3) is 5.91 Å². The van der Waals surface area contributed by atoms with Crippen molar-refractivity contribution in [1.29, 1.82) is 0 Å². The van der Waals surface area contributed by atoms with Gasteiger partial charge in [-0.1, -0.05) is 29.5 Å². The Morgan fingerprint density at radius 1 is 1.25 bits per heavy atom. The third-order valence-electron chi connectivity index (χ3n) is 4.86. The van der Waals surface area contributed by atoms with E-state index in [0.29, 0.717) is 34.1 Å². The standard InChI is InChI=1S/C21H17FN2O3S/c22-14-7-8-16-19(11-14)28-21(23-16)24(12-15-5-3-9-26-15)20(25)18-10-13-4-1-2-6-17(13)27-18/h1-2,4,6-8,10-11,15H,3,5,9,12H2/t15-/m0/s1. The molecule has 4 aromatic rings. The molecule has 0 aliphatic carbocycles. The van der Waals surface area contributed by atoms with E-state index < -0.39 is 0 Å². The predicted molar refractivity (Wildman–Crippen MR) is 106 cm³/mol. The Kier molecular flexibility index (Phi) is 4.33. The largest absolute Gasteiger partial charge is 0.451 e. The number of carbonyl (C=O) groups excluding carboxylic acids is 1. The first-order valence-corrected chi connectivity index (χ1v) is 9.97. The molecule has 0 spiro atoms. The van der Waals surface area contributed by atoms with Gasteiger partial charge in [0.05, 0.1) is 22.9 Å². The van der Waals surface area contributed by atoms with E-state index in [1.165, 1.54) is 23.5 Å². The zero-order valence-corrected chi connectivity index (χ0v) is 15.7. The maximum atomic E-state index is 13.6. The molecule has 0 bridgehead atoms. The number of hydrogen-bond donors (Lipinski definition) is 0. The Bertz CT molecular complexity index is 1130. The lowest BCUT2D eigenvalue weighted by Gasteiger charge is -2.22. The molecule has 3 heterocycles. The molecule has 1 atom stereocenters. The van der Waals surface area contributed by atoms with Crippen molar-refractivity contribution in [2.75, 3.05) is 18.1 Å². The molecule has 142 valence electrons. The summed E-state index contributed by atoms with van der Waals surface area (Å²) in [6, 6.07) is 13.7. The van der Waals surface area contributed by atoms with E-state index in [4.69, 9.17) is 9.15 Å². The number of para-hydroxylation sites is 1. The summed E-state index contributed by atoms with van der Waals surface area (Å²) in [4.78, 5) is 19.5. The van der Waals surface area contributed by atoms with Gasteiger partial charge in [0.15, 0.2) is 10.9 Å². The fraction of sp³-hybridized carbons (Fsp3) is 0.238. The summed E-state index contributed by atoms with van der Waals surface area (Å²) >= 11 is 1.29. The first kappa shape index (κ1) is 17.3. The van der Waals surface area contributed by atoms with Crippen LogP contribution in [0.5, 0.6) is 0 Å². The molecule has 0 radical (unpaired) electrons. The number of nitrogens with zero attached hydrogens (tertiary/aromatic N) is 2. The molecule has 5 nitrogen and oxygen atoms in total. The lowest BCUT2D eigenvalue weighted by Crippen LogP contribution is -2.37. The third-order valence-corrected chi connectivity index (χ3v) is 5.90. The molecule has 7 heteroatoms. The highest BCUT2D eigenvalue weighted by Gasteiger charge is 2.29. The number of aromatic nitrogens is 1. The third kappa shape index (κ3) is 3.16. The minimum Gasteiger partial charge on any atom is -0.451 e. The lowest BCUT2D eigenvalue weighted by atomic mass is 10.2. The molecular formula is C21H17FN2O3S. The van der Waals surface area contributed by atoms with Crippen LogP contribution in [-0.4, -0.2) is 30.1 Å². The number of halogens is 1. The smallest absolute Gasteiger partial charge is 0.295 e. The van der Waals surface area contributed by atoms with Crippen molar-refractivity contribution in [3.05, 3.63) is 60.1 Å². The fourth-order valence-electron chi connectivity index (χ4n) is 3.46. The molecule has 2 aromatic carbocycles. The molecule has 1 saturated heterocycles. The summed E-state index contributed by atoms with van der Waals surface area (Å²) in [5.74, 6) is -0.340. The second-order valence-corrected chi connectivity index (χ2v) is 7.82. The summed E-state index contributed by atoms with van der Waals surface area (Å²) in [6.07, 6.45) is 1.82. The Morgan fingerprint density at radius 3 is 2.96 bits per heavy atom. The zero-order valence-electron chi connectivity index (χ0n) is 14.9.